The maximum Gasteiger partial charge on any atom is 0.0406 e. The van der Waals surface area contributed by atoms with E-state index in [0.717, 1.165) is 17.6 Å². The van der Waals surface area contributed by atoms with Gasteiger partial charge in [-0.1, -0.05) is 50.4 Å². The van der Waals surface area contributed by atoms with Crippen LogP contribution < -0.4 is 5.32 Å². The van der Waals surface area contributed by atoms with Gasteiger partial charge in [-0.25, -0.2) is 0 Å². The summed E-state index contributed by atoms with van der Waals surface area (Å²) in [7, 11) is 0. The first kappa shape index (κ1) is 14.9. The van der Waals surface area contributed by atoms with E-state index in [4.69, 9.17) is 11.6 Å². The third-order valence-electron chi connectivity index (χ3n) is 4.22. The molecular formula is C17H26ClN. The molecule has 0 radical (unpaired) electrons. The molecule has 1 fully saturated rings. The smallest absolute Gasteiger partial charge is 0.0406 e. The highest BCUT2D eigenvalue weighted by Crippen LogP contribution is 2.35. The lowest BCUT2D eigenvalue weighted by Crippen LogP contribution is -2.39. The van der Waals surface area contributed by atoms with Crippen LogP contribution >= 0.6 is 11.6 Å². The molecule has 1 aromatic carbocycles. The Bertz CT molecular complexity index is 375. The summed E-state index contributed by atoms with van der Waals surface area (Å²) in [5.41, 5.74) is 1.74. The summed E-state index contributed by atoms with van der Waals surface area (Å²) in [4.78, 5) is 0. The fourth-order valence-corrected chi connectivity index (χ4v) is 3.21. The van der Waals surface area contributed by atoms with Crippen molar-refractivity contribution in [2.45, 2.75) is 63.8 Å². The van der Waals surface area contributed by atoms with Crippen molar-refractivity contribution >= 4 is 11.6 Å². The lowest BCUT2D eigenvalue weighted by atomic mass is 9.73. The zero-order valence-electron chi connectivity index (χ0n) is 12.2. The Morgan fingerprint density at radius 3 is 2.16 bits per heavy atom. The van der Waals surface area contributed by atoms with Gasteiger partial charge in [0.2, 0.25) is 0 Å². The fraction of sp³-hybridized carbons (Fsp3) is 0.647. The molecule has 0 saturated heterocycles. The lowest BCUT2D eigenvalue weighted by Gasteiger charge is -2.35. The molecule has 1 N–H and O–H groups in total. The Labute approximate surface area is 122 Å². The van der Waals surface area contributed by atoms with Gasteiger partial charge in [-0.15, -0.1) is 0 Å². The summed E-state index contributed by atoms with van der Waals surface area (Å²) in [6.45, 7) is 5.69. The number of halogens is 1. The largest absolute Gasteiger partial charge is 0.313 e. The Balaban J connectivity index is 2.19. The molecule has 0 amide bonds. The van der Waals surface area contributed by atoms with E-state index in [1.807, 2.05) is 12.1 Å². The Kier molecular flexibility index (Phi) is 5.29. The number of benzene rings is 1. The zero-order valence-corrected chi connectivity index (χ0v) is 13.0. The Hall–Kier alpha value is -0.530. The van der Waals surface area contributed by atoms with E-state index in [2.05, 4.69) is 31.3 Å². The van der Waals surface area contributed by atoms with E-state index in [-0.39, 0.29) is 5.41 Å². The van der Waals surface area contributed by atoms with Crippen molar-refractivity contribution in [2.75, 3.05) is 6.54 Å². The number of hydrogen-bond acceptors (Lipinski definition) is 1. The summed E-state index contributed by atoms with van der Waals surface area (Å²) in [6, 6.07) is 9.30. The summed E-state index contributed by atoms with van der Waals surface area (Å²) < 4.78 is 0. The van der Waals surface area contributed by atoms with E-state index < -0.39 is 0 Å². The van der Waals surface area contributed by atoms with Gasteiger partial charge in [0.05, 0.1) is 0 Å². The van der Waals surface area contributed by atoms with Crippen molar-refractivity contribution in [1.29, 1.82) is 0 Å². The molecule has 19 heavy (non-hydrogen) atoms. The predicted molar refractivity (Wildman–Crippen MR) is 84.0 cm³/mol. The van der Waals surface area contributed by atoms with Crippen LogP contribution in [0.3, 0.4) is 0 Å². The van der Waals surface area contributed by atoms with Crippen LogP contribution in [-0.4, -0.2) is 12.6 Å². The monoisotopic (exact) mass is 279 g/mol. The summed E-state index contributed by atoms with van der Waals surface area (Å²) in [5, 5.41) is 4.58. The predicted octanol–water partition coefficient (Wildman–Crippen LogP) is 4.93. The molecule has 0 unspecified atom stereocenters. The van der Waals surface area contributed by atoms with Gasteiger partial charge in [0.1, 0.15) is 0 Å². The van der Waals surface area contributed by atoms with Crippen molar-refractivity contribution in [3.63, 3.8) is 0 Å². The highest BCUT2D eigenvalue weighted by Gasteiger charge is 2.32. The molecule has 1 aliphatic rings. The van der Waals surface area contributed by atoms with Gasteiger partial charge in [-0.05, 0) is 43.4 Å². The molecule has 1 aromatic rings. The van der Waals surface area contributed by atoms with Crippen LogP contribution in [0.5, 0.6) is 0 Å². The van der Waals surface area contributed by atoms with Crippen molar-refractivity contribution < 1.29 is 0 Å². The van der Waals surface area contributed by atoms with Crippen molar-refractivity contribution in [3.05, 3.63) is 34.9 Å². The molecule has 106 valence electrons. The first-order valence-electron chi connectivity index (χ1n) is 7.69. The fourth-order valence-electron chi connectivity index (χ4n) is 3.08. The van der Waals surface area contributed by atoms with Gasteiger partial charge in [0.25, 0.3) is 0 Å². The van der Waals surface area contributed by atoms with Crippen LogP contribution in [0.25, 0.3) is 0 Å². The van der Waals surface area contributed by atoms with Crippen LogP contribution in [0.2, 0.25) is 5.02 Å². The first-order chi connectivity index (χ1) is 9.20. The molecule has 0 atom stereocenters. The van der Waals surface area contributed by atoms with E-state index >= 15 is 0 Å². The number of hydrogen-bond donors (Lipinski definition) is 1. The molecular weight excluding hydrogens is 254 g/mol. The van der Waals surface area contributed by atoms with Gasteiger partial charge in [0.15, 0.2) is 0 Å². The Morgan fingerprint density at radius 2 is 1.68 bits per heavy atom. The maximum absolute atomic E-state index is 6.04. The zero-order chi connectivity index (χ0) is 13.7. The van der Waals surface area contributed by atoms with Gasteiger partial charge in [0, 0.05) is 23.0 Å². The second kappa shape index (κ2) is 6.76. The second-order valence-corrected chi connectivity index (χ2v) is 6.38. The average molecular weight is 280 g/mol. The summed E-state index contributed by atoms with van der Waals surface area (Å²) in [6.07, 6.45) is 7.68. The highest BCUT2D eigenvalue weighted by atomic mass is 35.5. The van der Waals surface area contributed by atoms with Gasteiger partial charge in [-0.3, -0.25) is 0 Å². The Morgan fingerprint density at radius 1 is 1.11 bits per heavy atom. The molecule has 0 spiro atoms. The number of nitrogens with one attached hydrogen (secondary N) is 1. The quantitative estimate of drug-likeness (QED) is 0.711. The van der Waals surface area contributed by atoms with Crippen LogP contribution in [0.1, 0.15) is 57.9 Å². The van der Waals surface area contributed by atoms with Gasteiger partial charge in [-0.2, -0.15) is 0 Å². The molecule has 0 aliphatic heterocycles. The minimum absolute atomic E-state index is 0.288. The molecule has 1 saturated carbocycles. The standard InChI is InChI=1S/C17H26ClN/c1-3-11-17(12-4-2,13-19-16-9-10-16)14-5-7-15(18)8-6-14/h5-8,16,19H,3-4,9-13H2,1-2H3. The SMILES string of the molecule is CCCC(CCC)(CNC1CC1)c1ccc(Cl)cc1. The maximum atomic E-state index is 6.04. The lowest BCUT2D eigenvalue weighted by molar-refractivity contribution is 0.334. The summed E-state index contributed by atoms with van der Waals surface area (Å²) >= 11 is 6.04. The van der Waals surface area contributed by atoms with E-state index in [0.29, 0.717) is 0 Å². The normalized spacial score (nSPS) is 15.7. The van der Waals surface area contributed by atoms with E-state index in [1.165, 1.54) is 44.1 Å². The van der Waals surface area contributed by atoms with Crippen molar-refractivity contribution in [3.8, 4) is 0 Å². The molecule has 0 heterocycles. The number of rotatable bonds is 8. The van der Waals surface area contributed by atoms with Crippen LogP contribution in [0.4, 0.5) is 0 Å². The molecule has 2 heteroatoms. The van der Waals surface area contributed by atoms with Crippen LogP contribution in [-0.2, 0) is 5.41 Å². The average Bonchev–Trinajstić information content (AvgIpc) is 3.21. The highest BCUT2D eigenvalue weighted by molar-refractivity contribution is 6.30. The molecule has 1 aliphatic carbocycles. The first-order valence-corrected chi connectivity index (χ1v) is 8.07. The third-order valence-corrected chi connectivity index (χ3v) is 4.47. The van der Waals surface area contributed by atoms with Crippen LogP contribution in [0.15, 0.2) is 24.3 Å². The molecule has 0 bridgehead atoms. The van der Waals surface area contributed by atoms with Gasteiger partial charge < -0.3 is 5.32 Å². The minimum atomic E-state index is 0.288. The van der Waals surface area contributed by atoms with Crippen molar-refractivity contribution in [1.82, 2.24) is 5.32 Å². The molecule has 0 aromatic heterocycles. The third kappa shape index (κ3) is 3.97. The molecule has 2 rings (SSSR count). The van der Waals surface area contributed by atoms with Gasteiger partial charge >= 0.3 is 0 Å². The van der Waals surface area contributed by atoms with Crippen LogP contribution in [0, 0.1) is 0 Å². The summed E-state index contributed by atoms with van der Waals surface area (Å²) in [5.74, 6) is 0. The van der Waals surface area contributed by atoms with E-state index in [1.54, 1.807) is 0 Å². The minimum Gasteiger partial charge on any atom is -0.313 e. The van der Waals surface area contributed by atoms with E-state index in [9.17, 15) is 0 Å². The van der Waals surface area contributed by atoms with Crippen molar-refractivity contribution in [2.24, 2.45) is 0 Å². The molecule has 1 nitrogen and oxygen atoms in total. The second-order valence-electron chi connectivity index (χ2n) is 5.94. The topological polar surface area (TPSA) is 12.0 Å².